The van der Waals surface area contributed by atoms with E-state index >= 15 is 0 Å². The van der Waals surface area contributed by atoms with Crippen molar-refractivity contribution in [2.75, 3.05) is 26.2 Å². The van der Waals surface area contributed by atoms with E-state index in [1.807, 2.05) is 0 Å². The number of piperidine rings is 1. The monoisotopic (exact) mass is 312 g/mol. The first-order valence-electron chi connectivity index (χ1n) is 8.86. The number of aliphatic hydroxyl groups is 1. The Labute approximate surface area is 134 Å². The maximum atomic E-state index is 12.6. The van der Waals surface area contributed by atoms with Crippen LogP contribution in [0.15, 0.2) is 0 Å². The van der Waals surface area contributed by atoms with Crippen molar-refractivity contribution in [3.8, 4) is 0 Å². The van der Waals surface area contributed by atoms with Crippen molar-refractivity contribution in [1.82, 2.24) is 9.80 Å². The molecule has 1 aliphatic rings. The molecule has 1 heterocycles. The molecule has 5 nitrogen and oxygen atoms in total. The Morgan fingerprint density at radius 2 is 1.77 bits per heavy atom. The lowest BCUT2D eigenvalue weighted by Gasteiger charge is -2.36. The number of nitrogens with zero attached hydrogens (tertiary/aromatic N) is 2. The van der Waals surface area contributed by atoms with Crippen LogP contribution in [0.1, 0.15) is 65.2 Å². The van der Waals surface area contributed by atoms with E-state index in [-0.39, 0.29) is 24.5 Å². The number of hydrogen-bond acceptors (Lipinski definition) is 3. The van der Waals surface area contributed by atoms with Gasteiger partial charge in [0.1, 0.15) is 0 Å². The van der Waals surface area contributed by atoms with Crippen LogP contribution in [0.5, 0.6) is 0 Å². The minimum absolute atomic E-state index is 0.0226. The second-order valence-corrected chi connectivity index (χ2v) is 6.16. The zero-order valence-electron chi connectivity index (χ0n) is 14.2. The largest absolute Gasteiger partial charge is 0.396 e. The summed E-state index contributed by atoms with van der Waals surface area (Å²) in [7, 11) is 0. The number of amides is 2. The fourth-order valence-corrected chi connectivity index (χ4v) is 2.99. The van der Waals surface area contributed by atoms with Gasteiger partial charge in [0, 0.05) is 32.3 Å². The van der Waals surface area contributed by atoms with Crippen LogP contribution in [0.4, 0.5) is 0 Å². The smallest absolute Gasteiger partial charge is 0.312 e. The molecule has 1 N–H and O–H groups in total. The van der Waals surface area contributed by atoms with Gasteiger partial charge in [-0.2, -0.15) is 0 Å². The van der Waals surface area contributed by atoms with Crippen molar-refractivity contribution < 1.29 is 14.7 Å². The van der Waals surface area contributed by atoms with Crippen LogP contribution in [-0.2, 0) is 9.59 Å². The quantitative estimate of drug-likeness (QED) is 0.699. The summed E-state index contributed by atoms with van der Waals surface area (Å²) < 4.78 is 0. The first kappa shape index (κ1) is 18.9. The highest BCUT2D eigenvalue weighted by Crippen LogP contribution is 2.20. The van der Waals surface area contributed by atoms with Crippen molar-refractivity contribution in [3.63, 3.8) is 0 Å². The molecule has 0 aliphatic carbocycles. The molecule has 0 spiro atoms. The molecule has 0 bridgehead atoms. The van der Waals surface area contributed by atoms with E-state index in [1.165, 1.54) is 0 Å². The van der Waals surface area contributed by atoms with E-state index in [2.05, 4.69) is 13.8 Å². The molecule has 2 amide bonds. The van der Waals surface area contributed by atoms with E-state index < -0.39 is 0 Å². The Hall–Kier alpha value is -1.10. The normalized spacial score (nSPS) is 18.3. The molecular formula is C17H32N2O3. The number of rotatable bonds is 8. The van der Waals surface area contributed by atoms with Gasteiger partial charge in [-0.25, -0.2) is 0 Å². The Morgan fingerprint density at radius 1 is 1.14 bits per heavy atom. The molecule has 1 saturated heterocycles. The predicted molar refractivity (Wildman–Crippen MR) is 87.5 cm³/mol. The zero-order valence-corrected chi connectivity index (χ0v) is 14.2. The van der Waals surface area contributed by atoms with Gasteiger partial charge in [0.25, 0.3) is 0 Å². The molecule has 128 valence electrons. The van der Waals surface area contributed by atoms with Gasteiger partial charge >= 0.3 is 11.8 Å². The second kappa shape index (κ2) is 10.6. The summed E-state index contributed by atoms with van der Waals surface area (Å²) in [5, 5.41) is 9.16. The summed E-state index contributed by atoms with van der Waals surface area (Å²) in [5.74, 6) is -0.725. The summed E-state index contributed by atoms with van der Waals surface area (Å²) >= 11 is 0. The first-order chi connectivity index (χ1) is 10.7. The van der Waals surface area contributed by atoms with Crippen LogP contribution in [0.2, 0.25) is 0 Å². The number of carbonyl (C=O) groups excluding carboxylic acids is 2. The van der Waals surface area contributed by atoms with Crippen molar-refractivity contribution in [2.45, 2.75) is 71.3 Å². The third-order valence-corrected chi connectivity index (χ3v) is 4.38. The maximum Gasteiger partial charge on any atom is 0.312 e. The topological polar surface area (TPSA) is 60.9 Å². The predicted octanol–water partition coefficient (Wildman–Crippen LogP) is 2.18. The minimum atomic E-state index is -0.370. The van der Waals surface area contributed by atoms with Gasteiger partial charge in [0.05, 0.1) is 0 Å². The maximum absolute atomic E-state index is 12.6. The highest BCUT2D eigenvalue weighted by atomic mass is 16.3. The molecule has 22 heavy (non-hydrogen) atoms. The number of unbranched alkanes of at least 4 members (excludes halogenated alkanes) is 2. The highest BCUT2D eigenvalue weighted by Gasteiger charge is 2.32. The van der Waals surface area contributed by atoms with Gasteiger partial charge in [-0.1, -0.05) is 26.7 Å². The molecule has 0 saturated carbocycles. The fourth-order valence-electron chi connectivity index (χ4n) is 2.99. The summed E-state index contributed by atoms with van der Waals surface area (Å²) in [6.07, 6.45) is 7.38. The fraction of sp³-hybridized carbons (Fsp3) is 0.882. The summed E-state index contributed by atoms with van der Waals surface area (Å²) in [6, 6.07) is 0.0226. The Balaban J connectivity index is 2.70. The first-order valence-corrected chi connectivity index (χ1v) is 8.86. The van der Waals surface area contributed by atoms with E-state index in [0.29, 0.717) is 26.1 Å². The Bertz CT molecular complexity index is 337. The van der Waals surface area contributed by atoms with Crippen molar-refractivity contribution in [3.05, 3.63) is 0 Å². The third-order valence-electron chi connectivity index (χ3n) is 4.38. The van der Waals surface area contributed by atoms with Crippen LogP contribution < -0.4 is 0 Å². The molecule has 1 rings (SSSR count). The van der Waals surface area contributed by atoms with Crippen LogP contribution in [-0.4, -0.2) is 59.0 Å². The average Bonchev–Trinajstić information content (AvgIpc) is 2.54. The molecule has 0 aromatic rings. The van der Waals surface area contributed by atoms with E-state index in [4.69, 9.17) is 5.11 Å². The van der Waals surface area contributed by atoms with Gasteiger partial charge in [-0.05, 0) is 38.5 Å². The van der Waals surface area contributed by atoms with Gasteiger partial charge in [-0.15, -0.1) is 0 Å². The molecule has 1 unspecified atom stereocenters. The molecule has 1 atom stereocenters. The summed E-state index contributed by atoms with van der Waals surface area (Å²) in [6.45, 7) is 6.22. The molecule has 5 heteroatoms. The number of aliphatic hydroxyl groups excluding tert-OH is 1. The standard InChI is InChI=1S/C17H32N2O3/c1-3-5-11-18(12-6-4-2)16(21)17(22)19-13-8-7-9-15(19)10-14-20/h15,20H,3-14H2,1-2H3. The second-order valence-electron chi connectivity index (χ2n) is 6.16. The lowest BCUT2D eigenvalue weighted by atomic mass is 9.99. The van der Waals surface area contributed by atoms with E-state index in [0.717, 1.165) is 44.9 Å². The molecule has 1 aliphatic heterocycles. The van der Waals surface area contributed by atoms with Gasteiger partial charge in [0.15, 0.2) is 0 Å². The van der Waals surface area contributed by atoms with Gasteiger partial charge in [0.2, 0.25) is 0 Å². The minimum Gasteiger partial charge on any atom is -0.396 e. The van der Waals surface area contributed by atoms with E-state index in [1.54, 1.807) is 9.80 Å². The van der Waals surface area contributed by atoms with Gasteiger partial charge < -0.3 is 14.9 Å². The SMILES string of the molecule is CCCCN(CCCC)C(=O)C(=O)N1CCCCC1CCO. The van der Waals surface area contributed by atoms with Crippen LogP contribution >= 0.6 is 0 Å². The Kier molecular flexibility index (Phi) is 9.13. The number of carbonyl (C=O) groups is 2. The molecule has 0 aromatic carbocycles. The van der Waals surface area contributed by atoms with Crippen LogP contribution in [0.25, 0.3) is 0 Å². The third kappa shape index (κ3) is 5.59. The average molecular weight is 312 g/mol. The van der Waals surface area contributed by atoms with Crippen LogP contribution in [0, 0.1) is 0 Å². The lowest BCUT2D eigenvalue weighted by Crippen LogP contribution is -2.51. The van der Waals surface area contributed by atoms with Crippen molar-refractivity contribution >= 4 is 11.8 Å². The van der Waals surface area contributed by atoms with Gasteiger partial charge in [-0.3, -0.25) is 9.59 Å². The van der Waals surface area contributed by atoms with E-state index in [9.17, 15) is 9.59 Å². The number of likely N-dealkylation sites (tertiary alicyclic amines) is 1. The molecule has 0 radical (unpaired) electrons. The Morgan fingerprint density at radius 3 is 2.32 bits per heavy atom. The lowest BCUT2D eigenvalue weighted by molar-refractivity contribution is -0.154. The summed E-state index contributed by atoms with van der Waals surface area (Å²) in [4.78, 5) is 28.6. The molecule has 0 aromatic heterocycles. The summed E-state index contributed by atoms with van der Waals surface area (Å²) in [5.41, 5.74) is 0. The van der Waals surface area contributed by atoms with Crippen LogP contribution in [0.3, 0.4) is 0 Å². The number of hydrogen-bond donors (Lipinski definition) is 1. The highest BCUT2D eigenvalue weighted by molar-refractivity contribution is 6.35. The van der Waals surface area contributed by atoms with Crippen molar-refractivity contribution in [2.24, 2.45) is 0 Å². The zero-order chi connectivity index (χ0) is 16.4. The molecular weight excluding hydrogens is 280 g/mol. The molecule has 1 fully saturated rings. The van der Waals surface area contributed by atoms with Crippen molar-refractivity contribution in [1.29, 1.82) is 0 Å².